The first-order valence-corrected chi connectivity index (χ1v) is 16.7. The van der Waals surface area contributed by atoms with Crippen molar-refractivity contribution in [2.45, 2.75) is 60.8 Å². The Morgan fingerprint density at radius 3 is 2.67 bits per heavy atom. The zero-order valence-electron chi connectivity index (χ0n) is 25.4. The molecule has 0 saturated carbocycles. The number of carbonyl (C=O) groups excluding carboxylic acids is 3. The molecule has 3 heterocycles. The van der Waals surface area contributed by atoms with Gasteiger partial charge in [0.05, 0.1) is 11.6 Å². The monoisotopic (exact) mass is 681 g/mol. The Kier molecular flexibility index (Phi) is 11.6. The molecule has 2 aromatic carbocycles. The van der Waals surface area contributed by atoms with Gasteiger partial charge in [-0.1, -0.05) is 59.2 Å². The molecular weight excluding hydrogens is 645 g/mol. The summed E-state index contributed by atoms with van der Waals surface area (Å²) in [5.41, 5.74) is 9.11. The van der Waals surface area contributed by atoms with Crippen LogP contribution >= 0.6 is 35.0 Å². The summed E-state index contributed by atoms with van der Waals surface area (Å²) in [5, 5.41) is 11.6. The lowest BCUT2D eigenvalue weighted by molar-refractivity contribution is -0.142. The molecule has 46 heavy (non-hydrogen) atoms. The van der Waals surface area contributed by atoms with E-state index in [0.717, 1.165) is 22.0 Å². The van der Waals surface area contributed by atoms with Gasteiger partial charge in [-0.05, 0) is 66.8 Å². The van der Waals surface area contributed by atoms with E-state index in [1.165, 1.54) is 16.7 Å². The molecule has 10 nitrogen and oxygen atoms in total. The standard InChI is InChI=1S/C33H37Cl2N7O3S/c1-42-28(14-21-17-39-26-9-3-2-8-24(21)26)31(44)40-18-22-13-23(34)15-25(35)30(22)46-32-20(7-6-12-38-32)16-37-19-29(43)41-27(33(42)45)10-4-5-11-36/h2-3,6-9,12-13,15,17,27-28,37,39H,4-5,10-11,14,16,18-19,36H2,1H3,(H,40,44)(H,41,43)/t27?,28-/m0/s1. The highest BCUT2D eigenvalue weighted by Crippen LogP contribution is 2.38. The summed E-state index contributed by atoms with van der Waals surface area (Å²) >= 11 is 14.5. The van der Waals surface area contributed by atoms with Gasteiger partial charge >= 0.3 is 0 Å². The van der Waals surface area contributed by atoms with Crippen LogP contribution in [0.4, 0.5) is 0 Å². The van der Waals surface area contributed by atoms with Crippen LogP contribution in [0, 0.1) is 0 Å². The lowest BCUT2D eigenvalue weighted by atomic mass is 10.0. The Morgan fingerprint density at radius 2 is 1.85 bits per heavy atom. The zero-order chi connectivity index (χ0) is 32.6. The number of amides is 3. The average molecular weight is 683 g/mol. The molecule has 0 aliphatic carbocycles. The van der Waals surface area contributed by atoms with Crippen LogP contribution in [0.15, 0.2) is 70.8 Å². The number of nitrogens with zero attached hydrogens (tertiary/aromatic N) is 2. The maximum atomic E-state index is 14.1. The number of halogens is 2. The number of aromatic nitrogens is 2. The third-order valence-corrected chi connectivity index (χ3v) is 9.85. The fraction of sp³-hybridized carbons (Fsp3) is 0.333. The van der Waals surface area contributed by atoms with Crippen molar-refractivity contribution < 1.29 is 14.4 Å². The molecule has 0 fully saturated rings. The summed E-state index contributed by atoms with van der Waals surface area (Å²) in [6.07, 6.45) is 5.53. The van der Waals surface area contributed by atoms with E-state index in [9.17, 15) is 14.4 Å². The second-order valence-electron chi connectivity index (χ2n) is 11.2. The summed E-state index contributed by atoms with van der Waals surface area (Å²) < 4.78 is 0. The van der Waals surface area contributed by atoms with Crippen LogP contribution in [0.5, 0.6) is 0 Å². The van der Waals surface area contributed by atoms with Crippen molar-refractivity contribution in [1.29, 1.82) is 0 Å². The molecule has 242 valence electrons. The van der Waals surface area contributed by atoms with Gasteiger partial charge in [-0.3, -0.25) is 14.4 Å². The minimum absolute atomic E-state index is 0.0183. The van der Waals surface area contributed by atoms with E-state index in [1.54, 1.807) is 25.4 Å². The third kappa shape index (κ3) is 8.21. The van der Waals surface area contributed by atoms with Crippen LogP contribution in [0.3, 0.4) is 0 Å². The Labute approximate surface area is 282 Å². The van der Waals surface area contributed by atoms with Gasteiger partial charge in [-0.15, -0.1) is 0 Å². The number of rotatable bonds is 6. The van der Waals surface area contributed by atoms with Gasteiger partial charge < -0.3 is 31.6 Å². The molecule has 0 bridgehead atoms. The number of para-hydroxylation sites is 1. The number of nitrogens with one attached hydrogen (secondary N) is 4. The molecule has 6 N–H and O–H groups in total. The predicted molar refractivity (Wildman–Crippen MR) is 182 cm³/mol. The molecular formula is C33H37Cl2N7O3S. The summed E-state index contributed by atoms with van der Waals surface area (Å²) in [7, 11) is 1.61. The predicted octanol–water partition coefficient (Wildman–Crippen LogP) is 4.42. The molecule has 0 spiro atoms. The highest BCUT2D eigenvalue weighted by atomic mass is 35.5. The minimum Gasteiger partial charge on any atom is -0.361 e. The summed E-state index contributed by atoms with van der Waals surface area (Å²) in [4.78, 5) is 51.2. The van der Waals surface area contributed by atoms with Crippen molar-refractivity contribution >= 4 is 63.6 Å². The molecule has 1 aliphatic rings. The fourth-order valence-electron chi connectivity index (χ4n) is 5.53. The smallest absolute Gasteiger partial charge is 0.245 e. The number of carbonyl (C=O) groups is 3. The van der Waals surface area contributed by atoms with Gasteiger partial charge in [0.15, 0.2) is 0 Å². The molecule has 0 saturated heterocycles. The number of unbranched alkanes of at least 4 members (excludes halogenated alkanes) is 1. The number of hydrogen-bond donors (Lipinski definition) is 5. The largest absolute Gasteiger partial charge is 0.361 e. The van der Waals surface area contributed by atoms with Gasteiger partial charge in [-0.2, -0.15) is 0 Å². The molecule has 5 rings (SSSR count). The van der Waals surface area contributed by atoms with Gasteiger partial charge in [0.25, 0.3) is 0 Å². The Balaban J connectivity index is 1.53. The van der Waals surface area contributed by atoms with E-state index in [0.29, 0.717) is 57.9 Å². The number of nitrogens with two attached hydrogens (primary N) is 1. The maximum Gasteiger partial charge on any atom is 0.245 e. The second-order valence-corrected chi connectivity index (χ2v) is 13.0. The first-order chi connectivity index (χ1) is 22.2. The van der Waals surface area contributed by atoms with E-state index >= 15 is 0 Å². The number of H-pyrrole nitrogens is 1. The maximum absolute atomic E-state index is 14.1. The van der Waals surface area contributed by atoms with Crippen LogP contribution in [0.1, 0.15) is 36.0 Å². The fourth-order valence-corrected chi connectivity index (χ4v) is 7.17. The molecule has 3 amide bonds. The lowest BCUT2D eigenvalue weighted by Gasteiger charge is -2.31. The highest BCUT2D eigenvalue weighted by Gasteiger charge is 2.33. The molecule has 0 radical (unpaired) electrons. The van der Waals surface area contributed by atoms with E-state index in [2.05, 4.69) is 25.9 Å². The highest BCUT2D eigenvalue weighted by molar-refractivity contribution is 7.99. The van der Waals surface area contributed by atoms with Crippen LogP contribution in [-0.4, -0.2) is 64.8 Å². The number of aromatic amines is 1. The van der Waals surface area contributed by atoms with Gasteiger partial charge in [-0.25, -0.2) is 4.98 Å². The van der Waals surface area contributed by atoms with Crippen LogP contribution in [0.25, 0.3) is 10.9 Å². The quantitative estimate of drug-likeness (QED) is 0.189. The van der Waals surface area contributed by atoms with E-state index < -0.39 is 12.1 Å². The number of fused-ring (bicyclic) bond motifs is 3. The molecule has 2 aromatic heterocycles. The third-order valence-electron chi connectivity index (χ3n) is 7.97. The number of likely N-dealkylation sites (N-methyl/N-ethyl adjacent to an activating group) is 1. The Hall–Kier alpha value is -3.61. The van der Waals surface area contributed by atoms with Gasteiger partial charge in [0.1, 0.15) is 17.1 Å². The number of benzene rings is 2. The zero-order valence-corrected chi connectivity index (χ0v) is 27.8. The number of pyridine rings is 1. The summed E-state index contributed by atoms with van der Waals surface area (Å²) in [6.45, 7) is 0.929. The first kappa shape index (κ1) is 33.7. The SMILES string of the molecule is CN1C(=O)C(CCCCN)NC(=O)CNCc2cccnc2Sc2c(Cl)cc(Cl)cc2CNC(=O)[C@@H]1Cc1c[nH]c2ccccc12. The van der Waals surface area contributed by atoms with Crippen molar-refractivity contribution in [3.8, 4) is 0 Å². The van der Waals surface area contributed by atoms with Crippen molar-refractivity contribution in [2.24, 2.45) is 5.73 Å². The molecule has 4 aromatic rings. The Morgan fingerprint density at radius 1 is 1.02 bits per heavy atom. The van der Waals surface area contributed by atoms with Crippen molar-refractivity contribution in [1.82, 2.24) is 30.8 Å². The van der Waals surface area contributed by atoms with Crippen LogP contribution in [0.2, 0.25) is 10.0 Å². The normalized spacial score (nSPS) is 18.4. The topological polar surface area (TPSA) is 145 Å². The summed E-state index contributed by atoms with van der Waals surface area (Å²) in [5.74, 6) is -1.04. The summed E-state index contributed by atoms with van der Waals surface area (Å²) in [6, 6.07) is 13.3. The van der Waals surface area contributed by atoms with E-state index in [1.807, 2.05) is 42.6 Å². The molecule has 1 aliphatic heterocycles. The van der Waals surface area contributed by atoms with Crippen LogP contribution in [-0.2, 0) is 33.9 Å². The van der Waals surface area contributed by atoms with Crippen molar-refractivity contribution in [2.75, 3.05) is 20.1 Å². The second kappa shape index (κ2) is 15.8. The van der Waals surface area contributed by atoms with E-state index in [4.69, 9.17) is 28.9 Å². The Bertz CT molecular complexity index is 1720. The number of hydrogen-bond acceptors (Lipinski definition) is 7. The van der Waals surface area contributed by atoms with Crippen LogP contribution < -0.4 is 21.7 Å². The van der Waals surface area contributed by atoms with Gasteiger partial charge in [0.2, 0.25) is 17.7 Å². The van der Waals surface area contributed by atoms with Crippen molar-refractivity contribution in [3.05, 3.63) is 87.7 Å². The molecule has 1 unspecified atom stereocenters. The van der Waals surface area contributed by atoms with Crippen molar-refractivity contribution in [3.63, 3.8) is 0 Å². The molecule has 2 atom stereocenters. The average Bonchev–Trinajstić information content (AvgIpc) is 3.45. The lowest BCUT2D eigenvalue weighted by Crippen LogP contribution is -2.55. The van der Waals surface area contributed by atoms with E-state index in [-0.39, 0.29) is 37.2 Å². The van der Waals surface area contributed by atoms with Gasteiger partial charge in [0, 0.05) is 59.8 Å². The first-order valence-electron chi connectivity index (χ1n) is 15.1. The minimum atomic E-state index is -0.887. The molecule has 13 heteroatoms.